The molecule has 0 saturated carbocycles. The Hall–Kier alpha value is -1.91. The van der Waals surface area contributed by atoms with Crippen LogP contribution in [-0.4, -0.2) is 29.0 Å². The molecule has 0 spiro atoms. The van der Waals surface area contributed by atoms with Crippen LogP contribution in [0.5, 0.6) is 5.88 Å². The fourth-order valence-electron chi connectivity index (χ4n) is 0.905. The lowest BCUT2D eigenvalue weighted by molar-refractivity contribution is -0.135. The normalized spacial score (nSPS) is 9.50. The van der Waals surface area contributed by atoms with Crippen LogP contribution in [0.3, 0.4) is 0 Å². The van der Waals surface area contributed by atoms with Crippen molar-refractivity contribution in [3.63, 3.8) is 0 Å². The summed E-state index contributed by atoms with van der Waals surface area (Å²) in [7, 11) is 1.46. The Labute approximate surface area is 80.3 Å². The Morgan fingerprint density at radius 2 is 2.21 bits per heavy atom. The van der Waals surface area contributed by atoms with Crippen molar-refractivity contribution in [1.29, 1.82) is 0 Å². The summed E-state index contributed by atoms with van der Waals surface area (Å²) in [4.78, 5) is 25.2. The van der Waals surface area contributed by atoms with Crippen molar-refractivity contribution in [3.05, 3.63) is 23.9 Å². The predicted octanol–water partition coefficient (Wildman–Crippen LogP) is 0.748. The molecule has 0 amide bonds. The first kappa shape index (κ1) is 10.2. The van der Waals surface area contributed by atoms with Gasteiger partial charge in [-0.2, -0.15) is 0 Å². The van der Waals surface area contributed by atoms with Crippen LogP contribution in [0.1, 0.15) is 16.8 Å². The minimum atomic E-state index is -1.15. The van der Waals surface area contributed by atoms with Gasteiger partial charge < -0.3 is 9.84 Å². The molecular weight excluding hydrogens is 186 g/mol. The van der Waals surface area contributed by atoms with E-state index in [1.807, 2.05) is 0 Å². The van der Waals surface area contributed by atoms with E-state index < -0.39 is 18.2 Å². The van der Waals surface area contributed by atoms with Crippen LogP contribution in [0, 0.1) is 0 Å². The molecule has 74 valence electrons. The number of carbonyl (C=O) groups excluding carboxylic acids is 1. The number of aromatic nitrogens is 1. The molecule has 14 heavy (non-hydrogen) atoms. The second-order valence-electron chi connectivity index (χ2n) is 2.58. The van der Waals surface area contributed by atoms with E-state index in [1.165, 1.54) is 25.4 Å². The molecule has 0 saturated heterocycles. The first-order valence-electron chi connectivity index (χ1n) is 3.88. The smallest absolute Gasteiger partial charge is 0.311 e. The highest BCUT2D eigenvalue weighted by Crippen LogP contribution is 2.08. The zero-order chi connectivity index (χ0) is 10.6. The largest absolute Gasteiger partial charge is 0.481 e. The summed E-state index contributed by atoms with van der Waals surface area (Å²) >= 11 is 0. The highest BCUT2D eigenvalue weighted by atomic mass is 16.5. The number of carbonyl (C=O) groups is 2. The zero-order valence-corrected chi connectivity index (χ0v) is 7.56. The van der Waals surface area contributed by atoms with Gasteiger partial charge in [-0.15, -0.1) is 0 Å². The lowest BCUT2D eigenvalue weighted by Gasteiger charge is -1.99. The van der Waals surface area contributed by atoms with Gasteiger partial charge in [0.15, 0.2) is 5.78 Å². The molecule has 5 heteroatoms. The van der Waals surface area contributed by atoms with Gasteiger partial charge in [-0.25, -0.2) is 4.98 Å². The van der Waals surface area contributed by atoms with Gasteiger partial charge in [0, 0.05) is 17.8 Å². The standard InChI is InChI=1S/C9H9NO4/c1-14-8-3-2-6(5-10-8)7(11)4-9(12)13/h2-3,5H,4H2,1H3,(H,12,13). The summed E-state index contributed by atoms with van der Waals surface area (Å²) in [5.41, 5.74) is 0.271. The van der Waals surface area contributed by atoms with E-state index in [2.05, 4.69) is 4.98 Å². The van der Waals surface area contributed by atoms with Crippen molar-refractivity contribution >= 4 is 11.8 Å². The fourth-order valence-corrected chi connectivity index (χ4v) is 0.905. The van der Waals surface area contributed by atoms with Crippen LogP contribution in [0.4, 0.5) is 0 Å². The molecule has 1 heterocycles. The van der Waals surface area contributed by atoms with Crippen LogP contribution < -0.4 is 4.74 Å². The minimum absolute atomic E-state index is 0.271. The SMILES string of the molecule is COc1ccc(C(=O)CC(=O)O)cn1. The third-order valence-corrected chi connectivity index (χ3v) is 1.58. The Bertz CT molecular complexity index is 344. The summed E-state index contributed by atoms with van der Waals surface area (Å²) < 4.78 is 4.79. The lowest BCUT2D eigenvalue weighted by Crippen LogP contribution is -2.07. The molecule has 1 N–H and O–H groups in total. The van der Waals surface area contributed by atoms with Gasteiger partial charge in [-0.05, 0) is 6.07 Å². The number of Topliss-reactive ketones (excluding diaryl/α,β-unsaturated/α-hetero) is 1. The van der Waals surface area contributed by atoms with E-state index in [0.29, 0.717) is 5.88 Å². The van der Waals surface area contributed by atoms with Crippen LogP contribution in [-0.2, 0) is 4.79 Å². The van der Waals surface area contributed by atoms with Crippen molar-refractivity contribution < 1.29 is 19.4 Å². The maximum Gasteiger partial charge on any atom is 0.311 e. The second kappa shape index (κ2) is 4.36. The number of ketones is 1. The quantitative estimate of drug-likeness (QED) is 0.566. The maximum absolute atomic E-state index is 11.2. The molecule has 0 radical (unpaired) electrons. The third kappa shape index (κ3) is 2.55. The molecular formula is C9H9NO4. The predicted molar refractivity (Wildman–Crippen MR) is 47.4 cm³/mol. The maximum atomic E-state index is 11.2. The Morgan fingerprint density at radius 3 is 2.64 bits per heavy atom. The summed E-state index contributed by atoms with van der Waals surface area (Å²) in [5.74, 6) is -1.23. The number of nitrogens with zero attached hydrogens (tertiary/aromatic N) is 1. The van der Waals surface area contributed by atoms with Gasteiger partial charge in [0.2, 0.25) is 5.88 Å². The van der Waals surface area contributed by atoms with E-state index >= 15 is 0 Å². The Morgan fingerprint density at radius 1 is 1.50 bits per heavy atom. The highest BCUT2D eigenvalue weighted by molar-refractivity contribution is 6.05. The molecule has 0 aliphatic rings. The molecule has 0 aliphatic carbocycles. The van der Waals surface area contributed by atoms with E-state index in [9.17, 15) is 9.59 Å². The van der Waals surface area contributed by atoms with Crippen molar-refractivity contribution in [2.75, 3.05) is 7.11 Å². The van der Waals surface area contributed by atoms with Crippen LogP contribution in [0.15, 0.2) is 18.3 Å². The molecule has 0 aromatic carbocycles. The van der Waals surface area contributed by atoms with E-state index in [4.69, 9.17) is 9.84 Å². The molecule has 0 bridgehead atoms. The van der Waals surface area contributed by atoms with Crippen LogP contribution in [0.2, 0.25) is 0 Å². The summed E-state index contributed by atoms with van der Waals surface area (Å²) in [5, 5.41) is 8.38. The van der Waals surface area contributed by atoms with Gasteiger partial charge in [0.25, 0.3) is 0 Å². The number of ether oxygens (including phenoxy) is 1. The molecule has 1 aromatic heterocycles. The minimum Gasteiger partial charge on any atom is -0.481 e. The van der Waals surface area contributed by atoms with Crippen molar-refractivity contribution in [2.45, 2.75) is 6.42 Å². The summed E-state index contributed by atoms with van der Waals surface area (Å²) in [6.07, 6.45) is 0.776. The topological polar surface area (TPSA) is 76.5 Å². The second-order valence-corrected chi connectivity index (χ2v) is 2.58. The van der Waals surface area contributed by atoms with Gasteiger partial charge in [0.1, 0.15) is 6.42 Å². The van der Waals surface area contributed by atoms with Crippen LogP contribution >= 0.6 is 0 Å². The number of carboxylic acid groups (broad SMARTS) is 1. The number of carboxylic acids is 1. The molecule has 5 nitrogen and oxygen atoms in total. The number of rotatable bonds is 4. The van der Waals surface area contributed by atoms with Crippen molar-refractivity contribution in [3.8, 4) is 5.88 Å². The number of hydrogen-bond donors (Lipinski definition) is 1. The Balaban J connectivity index is 2.76. The Kier molecular flexibility index (Phi) is 3.17. The number of methoxy groups -OCH3 is 1. The first-order valence-corrected chi connectivity index (χ1v) is 3.88. The van der Waals surface area contributed by atoms with Crippen molar-refractivity contribution in [2.24, 2.45) is 0 Å². The lowest BCUT2D eigenvalue weighted by atomic mass is 10.1. The average Bonchev–Trinajstić information content (AvgIpc) is 2.17. The monoisotopic (exact) mass is 195 g/mol. The van der Waals surface area contributed by atoms with Gasteiger partial charge in [0.05, 0.1) is 7.11 Å². The van der Waals surface area contributed by atoms with E-state index in [0.717, 1.165) is 0 Å². The number of pyridine rings is 1. The summed E-state index contributed by atoms with van der Waals surface area (Å²) in [6.45, 7) is 0. The molecule has 0 unspecified atom stereocenters. The fraction of sp³-hybridized carbons (Fsp3) is 0.222. The number of aliphatic carboxylic acids is 1. The van der Waals surface area contributed by atoms with E-state index in [-0.39, 0.29) is 5.56 Å². The zero-order valence-electron chi connectivity index (χ0n) is 7.56. The van der Waals surface area contributed by atoms with Crippen LogP contribution in [0.25, 0.3) is 0 Å². The third-order valence-electron chi connectivity index (χ3n) is 1.58. The molecule has 1 aromatic rings. The number of hydrogen-bond acceptors (Lipinski definition) is 4. The van der Waals surface area contributed by atoms with Gasteiger partial charge >= 0.3 is 5.97 Å². The molecule has 1 rings (SSSR count). The molecule has 0 atom stereocenters. The molecule has 0 fully saturated rings. The van der Waals surface area contributed by atoms with E-state index in [1.54, 1.807) is 0 Å². The summed E-state index contributed by atoms with van der Waals surface area (Å²) in [6, 6.07) is 2.99. The van der Waals surface area contributed by atoms with Gasteiger partial charge in [-0.3, -0.25) is 9.59 Å². The van der Waals surface area contributed by atoms with Crippen molar-refractivity contribution in [1.82, 2.24) is 4.98 Å². The highest BCUT2D eigenvalue weighted by Gasteiger charge is 2.10. The van der Waals surface area contributed by atoms with Gasteiger partial charge in [-0.1, -0.05) is 0 Å². The molecule has 0 aliphatic heterocycles. The average molecular weight is 195 g/mol. The first-order chi connectivity index (χ1) is 6.63.